The zero-order valence-electron chi connectivity index (χ0n) is 10.3. The van der Waals surface area contributed by atoms with Crippen molar-refractivity contribution in [3.05, 3.63) is 29.7 Å². The van der Waals surface area contributed by atoms with Crippen molar-refractivity contribution < 1.29 is 14.6 Å². The predicted octanol–water partition coefficient (Wildman–Crippen LogP) is 0.260. The van der Waals surface area contributed by atoms with Crippen LogP contribution in [0.25, 0.3) is 5.65 Å². The summed E-state index contributed by atoms with van der Waals surface area (Å²) >= 11 is 0. The van der Waals surface area contributed by atoms with Gasteiger partial charge in [0.15, 0.2) is 17.2 Å². The average Bonchev–Trinajstić information content (AvgIpc) is 2.81. The summed E-state index contributed by atoms with van der Waals surface area (Å²) in [5.41, 5.74) is 0.682. The molecule has 1 fully saturated rings. The van der Waals surface area contributed by atoms with Gasteiger partial charge in [-0.2, -0.15) is 0 Å². The van der Waals surface area contributed by atoms with E-state index >= 15 is 0 Å². The molecule has 1 aliphatic rings. The van der Waals surface area contributed by atoms with E-state index in [1.54, 1.807) is 12.1 Å². The van der Waals surface area contributed by atoms with Gasteiger partial charge >= 0.3 is 5.97 Å². The minimum absolute atomic E-state index is 0.123. The summed E-state index contributed by atoms with van der Waals surface area (Å²) in [5, 5.41) is 13.4. The Hall–Kier alpha value is -1.99. The van der Waals surface area contributed by atoms with Gasteiger partial charge in [-0.05, 0) is 12.1 Å². The maximum absolute atomic E-state index is 11.1. The molecule has 0 atom stereocenters. The number of fused-ring (bicyclic) bond motifs is 1. The molecule has 0 saturated carbocycles. The molecule has 0 bridgehead atoms. The third-order valence-electron chi connectivity index (χ3n) is 3.09. The molecule has 2 aromatic rings. The minimum Gasteiger partial charge on any atom is -0.477 e. The Kier molecular flexibility index (Phi) is 3.14. The molecule has 0 aromatic carbocycles. The Labute approximate surface area is 109 Å². The van der Waals surface area contributed by atoms with Crippen molar-refractivity contribution in [2.75, 3.05) is 26.3 Å². The Morgan fingerprint density at radius 1 is 1.37 bits per heavy atom. The van der Waals surface area contributed by atoms with E-state index in [1.807, 2.05) is 0 Å². The highest BCUT2D eigenvalue weighted by Gasteiger charge is 2.16. The van der Waals surface area contributed by atoms with E-state index in [9.17, 15) is 4.79 Å². The fourth-order valence-corrected chi connectivity index (χ4v) is 2.14. The number of carbonyl (C=O) groups is 1. The minimum atomic E-state index is -1.01. The van der Waals surface area contributed by atoms with E-state index in [-0.39, 0.29) is 5.69 Å². The van der Waals surface area contributed by atoms with Gasteiger partial charge in [0.05, 0.1) is 19.8 Å². The van der Waals surface area contributed by atoms with Crippen molar-refractivity contribution >= 4 is 11.6 Å². The van der Waals surface area contributed by atoms with Crippen molar-refractivity contribution in [1.29, 1.82) is 0 Å². The molecular formula is C12H14N4O3. The highest BCUT2D eigenvalue weighted by Crippen LogP contribution is 2.09. The van der Waals surface area contributed by atoms with Crippen LogP contribution in [0.2, 0.25) is 0 Å². The lowest BCUT2D eigenvalue weighted by Crippen LogP contribution is -2.35. The molecule has 0 amide bonds. The Morgan fingerprint density at radius 2 is 2.16 bits per heavy atom. The molecule has 3 rings (SSSR count). The van der Waals surface area contributed by atoms with Crippen LogP contribution in [-0.4, -0.2) is 56.9 Å². The molecule has 7 nitrogen and oxygen atoms in total. The summed E-state index contributed by atoms with van der Waals surface area (Å²) in [5.74, 6) is -0.371. The Balaban J connectivity index is 1.88. The molecule has 7 heteroatoms. The fourth-order valence-electron chi connectivity index (χ4n) is 2.14. The number of morpholine rings is 1. The normalized spacial score (nSPS) is 16.8. The number of aromatic nitrogens is 3. The highest BCUT2D eigenvalue weighted by atomic mass is 16.5. The van der Waals surface area contributed by atoms with Crippen LogP contribution < -0.4 is 0 Å². The molecule has 2 aromatic heterocycles. The second-order valence-corrected chi connectivity index (χ2v) is 4.40. The van der Waals surface area contributed by atoms with Crippen LogP contribution >= 0.6 is 0 Å². The van der Waals surface area contributed by atoms with Crippen LogP contribution in [0.3, 0.4) is 0 Å². The molecule has 0 radical (unpaired) electrons. The van der Waals surface area contributed by atoms with Crippen LogP contribution in [0.5, 0.6) is 0 Å². The maximum atomic E-state index is 11.1. The average molecular weight is 262 g/mol. The van der Waals surface area contributed by atoms with Gasteiger partial charge in [-0.1, -0.05) is 6.07 Å². The first-order valence-corrected chi connectivity index (χ1v) is 6.12. The number of rotatable bonds is 3. The quantitative estimate of drug-likeness (QED) is 0.854. The fraction of sp³-hybridized carbons (Fsp3) is 0.417. The summed E-state index contributed by atoms with van der Waals surface area (Å²) < 4.78 is 6.65. The van der Waals surface area contributed by atoms with Gasteiger partial charge < -0.3 is 9.84 Å². The smallest absolute Gasteiger partial charge is 0.354 e. The molecular weight excluding hydrogens is 248 g/mol. The zero-order valence-corrected chi connectivity index (χ0v) is 10.3. The van der Waals surface area contributed by atoms with Crippen molar-refractivity contribution in [1.82, 2.24) is 19.5 Å². The topological polar surface area (TPSA) is 80.0 Å². The SMILES string of the molecule is O=C(O)c1cccc2nc(CN3CCOCC3)nn12. The summed E-state index contributed by atoms with van der Waals surface area (Å²) in [6, 6.07) is 4.94. The monoisotopic (exact) mass is 262 g/mol. The predicted molar refractivity (Wildman–Crippen MR) is 66.0 cm³/mol. The maximum Gasteiger partial charge on any atom is 0.354 e. The van der Waals surface area contributed by atoms with Gasteiger partial charge in [-0.3, -0.25) is 4.90 Å². The van der Waals surface area contributed by atoms with Crippen LogP contribution in [0.1, 0.15) is 16.3 Å². The van der Waals surface area contributed by atoms with Crippen molar-refractivity contribution in [2.24, 2.45) is 0 Å². The van der Waals surface area contributed by atoms with Gasteiger partial charge in [-0.15, -0.1) is 5.10 Å². The molecule has 1 aliphatic heterocycles. The molecule has 1 N–H and O–H groups in total. The summed E-state index contributed by atoms with van der Waals surface area (Å²) in [4.78, 5) is 17.6. The number of ether oxygens (including phenoxy) is 1. The van der Waals surface area contributed by atoms with E-state index in [0.29, 0.717) is 31.2 Å². The second kappa shape index (κ2) is 4.94. The first kappa shape index (κ1) is 12.1. The highest BCUT2D eigenvalue weighted by molar-refractivity contribution is 5.86. The third-order valence-corrected chi connectivity index (χ3v) is 3.09. The van der Waals surface area contributed by atoms with Crippen LogP contribution in [0.15, 0.2) is 18.2 Å². The van der Waals surface area contributed by atoms with E-state index in [0.717, 1.165) is 13.1 Å². The van der Waals surface area contributed by atoms with E-state index < -0.39 is 5.97 Å². The number of aromatic carboxylic acids is 1. The Bertz CT molecular complexity index is 604. The number of pyridine rings is 1. The van der Waals surface area contributed by atoms with Gasteiger partial charge in [0.1, 0.15) is 0 Å². The van der Waals surface area contributed by atoms with E-state index in [4.69, 9.17) is 9.84 Å². The molecule has 19 heavy (non-hydrogen) atoms. The third kappa shape index (κ3) is 2.42. The second-order valence-electron chi connectivity index (χ2n) is 4.40. The van der Waals surface area contributed by atoms with Crippen molar-refractivity contribution in [3.63, 3.8) is 0 Å². The first-order chi connectivity index (χ1) is 9.24. The molecule has 0 unspecified atom stereocenters. The summed E-state index contributed by atoms with van der Waals surface area (Å²) in [6.07, 6.45) is 0. The standard InChI is InChI=1S/C12H14N4O3/c17-12(18)9-2-1-3-11-13-10(14-16(9)11)8-15-4-6-19-7-5-15/h1-3H,4-8H2,(H,17,18). The van der Waals surface area contributed by atoms with Crippen molar-refractivity contribution in [3.8, 4) is 0 Å². The number of hydrogen-bond acceptors (Lipinski definition) is 5. The van der Waals surface area contributed by atoms with Gasteiger partial charge in [-0.25, -0.2) is 14.3 Å². The van der Waals surface area contributed by atoms with Crippen molar-refractivity contribution in [2.45, 2.75) is 6.54 Å². The van der Waals surface area contributed by atoms with Gasteiger partial charge in [0.25, 0.3) is 0 Å². The van der Waals surface area contributed by atoms with Crippen LogP contribution in [-0.2, 0) is 11.3 Å². The van der Waals surface area contributed by atoms with Crippen LogP contribution in [0.4, 0.5) is 0 Å². The largest absolute Gasteiger partial charge is 0.477 e. The van der Waals surface area contributed by atoms with Crippen LogP contribution in [0, 0.1) is 0 Å². The lowest BCUT2D eigenvalue weighted by molar-refractivity contribution is 0.0331. The Morgan fingerprint density at radius 3 is 2.89 bits per heavy atom. The van der Waals surface area contributed by atoms with E-state index in [1.165, 1.54) is 10.6 Å². The number of carboxylic acids is 1. The van der Waals surface area contributed by atoms with Gasteiger partial charge in [0.2, 0.25) is 0 Å². The number of nitrogens with zero attached hydrogens (tertiary/aromatic N) is 4. The lowest BCUT2D eigenvalue weighted by atomic mass is 10.3. The van der Waals surface area contributed by atoms with E-state index in [2.05, 4.69) is 15.0 Å². The zero-order chi connectivity index (χ0) is 13.2. The molecule has 1 saturated heterocycles. The summed E-state index contributed by atoms with van der Waals surface area (Å²) in [6.45, 7) is 3.74. The number of hydrogen-bond donors (Lipinski definition) is 1. The molecule has 0 aliphatic carbocycles. The molecule has 0 spiro atoms. The molecule has 3 heterocycles. The molecule has 100 valence electrons. The number of carboxylic acid groups (broad SMARTS) is 1. The lowest BCUT2D eigenvalue weighted by Gasteiger charge is -2.25. The summed E-state index contributed by atoms with van der Waals surface area (Å²) in [7, 11) is 0. The van der Waals surface area contributed by atoms with Gasteiger partial charge in [0, 0.05) is 13.1 Å². The first-order valence-electron chi connectivity index (χ1n) is 6.12.